The molecule has 1 aliphatic heterocycles. The molecule has 16 heavy (non-hydrogen) atoms. The molecule has 1 heterocycles. The van der Waals surface area contributed by atoms with Gasteiger partial charge in [-0.1, -0.05) is 0 Å². The van der Waals surface area contributed by atoms with Crippen LogP contribution in [0, 0.1) is 0 Å². The molecule has 0 aliphatic carbocycles. The topological polar surface area (TPSA) is 64.8 Å². The number of hydrogen-bond donors (Lipinski definition) is 1. The fourth-order valence-corrected chi connectivity index (χ4v) is 1.60. The quantitative estimate of drug-likeness (QED) is 0.760. The smallest absolute Gasteiger partial charge is 0.277 e. The molecule has 1 amide bonds. The molecule has 86 valence electrons. The van der Waals surface area contributed by atoms with Gasteiger partial charge < -0.3 is 10.5 Å². The highest BCUT2D eigenvalue weighted by Crippen LogP contribution is 2.23. The molecule has 0 saturated carbocycles. The summed E-state index contributed by atoms with van der Waals surface area (Å²) in [4.78, 5) is 17.1. The SMILES string of the molecule is COc1cc(C(=O)N2CCCO2)ccc1N. The molecule has 1 aliphatic rings. The van der Waals surface area contributed by atoms with Gasteiger partial charge in [-0.15, -0.1) is 0 Å². The van der Waals surface area contributed by atoms with Gasteiger partial charge in [0.05, 0.1) is 25.9 Å². The Bertz CT molecular complexity index is 400. The summed E-state index contributed by atoms with van der Waals surface area (Å²) in [5.74, 6) is 0.348. The van der Waals surface area contributed by atoms with Gasteiger partial charge in [0, 0.05) is 5.56 Å². The molecule has 2 N–H and O–H groups in total. The van der Waals surface area contributed by atoms with Crippen molar-refractivity contribution in [3.05, 3.63) is 23.8 Å². The number of nitrogen functional groups attached to an aromatic ring is 1. The van der Waals surface area contributed by atoms with Crippen LogP contribution in [0.4, 0.5) is 5.69 Å². The summed E-state index contributed by atoms with van der Waals surface area (Å²) < 4.78 is 5.06. The van der Waals surface area contributed by atoms with Crippen molar-refractivity contribution in [1.82, 2.24) is 5.06 Å². The number of hydroxylamine groups is 2. The fourth-order valence-electron chi connectivity index (χ4n) is 1.60. The molecule has 0 atom stereocenters. The number of ether oxygens (including phenoxy) is 1. The third kappa shape index (κ3) is 1.94. The zero-order valence-electron chi connectivity index (χ0n) is 9.10. The lowest BCUT2D eigenvalue weighted by molar-refractivity contribution is -0.0768. The first-order chi connectivity index (χ1) is 7.72. The van der Waals surface area contributed by atoms with E-state index in [0.717, 1.165) is 6.42 Å². The van der Waals surface area contributed by atoms with Gasteiger partial charge in [0.25, 0.3) is 5.91 Å². The summed E-state index contributed by atoms with van der Waals surface area (Å²) in [6.07, 6.45) is 0.873. The Hall–Kier alpha value is -1.75. The Labute approximate surface area is 93.7 Å². The van der Waals surface area contributed by atoms with Crippen LogP contribution in [0.15, 0.2) is 18.2 Å². The van der Waals surface area contributed by atoms with Crippen LogP contribution in [-0.4, -0.2) is 31.2 Å². The average Bonchev–Trinajstić information content (AvgIpc) is 2.82. The molecule has 0 unspecified atom stereocenters. The molecular formula is C11H14N2O3. The molecule has 1 aromatic carbocycles. The van der Waals surface area contributed by atoms with Crippen LogP contribution in [-0.2, 0) is 4.84 Å². The number of nitrogens with zero attached hydrogens (tertiary/aromatic N) is 1. The van der Waals surface area contributed by atoms with Crippen molar-refractivity contribution in [1.29, 1.82) is 0 Å². The third-order valence-electron chi connectivity index (χ3n) is 2.46. The minimum Gasteiger partial charge on any atom is -0.495 e. The first kappa shape index (κ1) is 10.8. The predicted molar refractivity (Wildman–Crippen MR) is 59.0 cm³/mol. The molecule has 2 rings (SSSR count). The summed E-state index contributed by atoms with van der Waals surface area (Å²) in [7, 11) is 1.52. The van der Waals surface area contributed by atoms with E-state index in [1.165, 1.54) is 12.2 Å². The zero-order valence-corrected chi connectivity index (χ0v) is 9.10. The van der Waals surface area contributed by atoms with Crippen molar-refractivity contribution in [2.75, 3.05) is 26.0 Å². The lowest BCUT2D eigenvalue weighted by Gasteiger charge is -2.14. The van der Waals surface area contributed by atoms with Crippen molar-refractivity contribution in [3.8, 4) is 5.75 Å². The monoisotopic (exact) mass is 222 g/mol. The van der Waals surface area contributed by atoms with E-state index in [2.05, 4.69) is 0 Å². The molecule has 0 aromatic heterocycles. The summed E-state index contributed by atoms with van der Waals surface area (Å²) in [6, 6.07) is 4.95. The number of benzene rings is 1. The lowest BCUT2D eigenvalue weighted by atomic mass is 10.1. The van der Waals surface area contributed by atoms with Crippen molar-refractivity contribution < 1.29 is 14.4 Å². The normalized spacial score (nSPS) is 15.2. The summed E-state index contributed by atoms with van der Waals surface area (Å²) in [6.45, 7) is 1.23. The van der Waals surface area contributed by atoms with Crippen molar-refractivity contribution >= 4 is 11.6 Å². The number of methoxy groups -OCH3 is 1. The molecule has 5 nitrogen and oxygen atoms in total. The Morgan fingerprint density at radius 1 is 1.56 bits per heavy atom. The Kier molecular flexibility index (Phi) is 2.96. The van der Waals surface area contributed by atoms with Gasteiger partial charge in [-0.25, -0.2) is 5.06 Å². The maximum Gasteiger partial charge on any atom is 0.277 e. The maximum atomic E-state index is 11.9. The highest BCUT2D eigenvalue weighted by Gasteiger charge is 2.21. The average molecular weight is 222 g/mol. The molecule has 1 fully saturated rings. The van der Waals surface area contributed by atoms with E-state index < -0.39 is 0 Å². The molecular weight excluding hydrogens is 208 g/mol. The van der Waals surface area contributed by atoms with Crippen LogP contribution in [0.2, 0.25) is 0 Å². The molecule has 0 bridgehead atoms. The number of nitrogens with two attached hydrogens (primary N) is 1. The number of amides is 1. The predicted octanol–water partition coefficient (Wildman–Crippen LogP) is 1.05. The zero-order chi connectivity index (χ0) is 11.5. The van der Waals surface area contributed by atoms with Crippen molar-refractivity contribution in [2.45, 2.75) is 6.42 Å². The number of rotatable bonds is 2. The van der Waals surface area contributed by atoms with Gasteiger partial charge in [-0.2, -0.15) is 0 Å². The van der Waals surface area contributed by atoms with E-state index in [9.17, 15) is 4.79 Å². The van der Waals surface area contributed by atoms with E-state index in [0.29, 0.717) is 30.2 Å². The van der Waals surface area contributed by atoms with Gasteiger partial charge >= 0.3 is 0 Å². The van der Waals surface area contributed by atoms with Gasteiger partial charge in [-0.3, -0.25) is 9.63 Å². The first-order valence-corrected chi connectivity index (χ1v) is 5.10. The molecule has 0 radical (unpaired) electrons. The van der Waals surface area contributed by atoms with E-state index in [-0.39, 0.29) is 5.91 Å². The summed E-state index contributed by atoms with van der Waals surface area (Å²) in [5.41, 5.74) is 6.71. The van der Waals surface area contributed by atoms with Crippen molar-refractivity contribution in [2.24, 2.45) is 0 Å². The molecule has 1 saturated heterocycles. The Morgan fingerprint density at radius 2 is 2.38 bits per heavy atom. The second kappa shape index (κ2) is 4.40. The minimum absolute atomic E-state index is 0.157. The van der Waals surface area contributed by atoms with Gasteiger partial charge in [0.1, 0.15) is 5.75 Å². The largest absolute Gasteiger partial charge is 0.495 e. The minimum atomic E-state index is -0.157. The van der Waals surface area contributed by atoms with Crippen molar-refractivity contribution in [3.63, 3.8) is 0 Å². The van der Waals surface area contributed by atoms with E-state index in [1.807, 2.05) is 0 Å². The van der Waals surface area contributed by atoms with E-state index >= 15 is 0 Å². The number of carbonyl (C=O) groups excluding carboxylic acids is 1. The first-order valence-electron chi connectivity index (χ1n) is 5.10. The van der Waals surface area contributed by atoms with Gasteiger partial charge in [-0.05, 0) is 24.6 Å². The Balaban J connectivity index is 2.22. The second-order valence-corrected chi connectivity index (χ2v) is 3.55. The van der Waals surface area contributed by atoms with Crippen LogP contribution in [0.25, 0.3) is 0 Å². The van der Waals surface area contributed by atoms with E-state index in [4.69, 9.17) is 15.3 Å². The fraction of sp³-hybridized carbons (Fsp3) is 0.364. The van der Waals surface area contributed by atoms with Gasteiger partial charge in [0.2, 0.25) is 0 Å². The van der Waals surface area contributed by atoms with Gasteiger partial charge in [0.15, 0.2) is 0 Å². The lowest BCUT2D eigenvalue weighted by Crippen LogP contribution is -2.26. The highest BCUT2D eigenvalue weighted by atomic mass is 16.7. The molecule has 1 aromatic rings. The molecule has 0 spiro atoms. The number of carbonyl (C=O) groups is 1. The Morgan fingerprint density at radius 3 is 3.00 bits per heavy atom. The summed E-state index contributed by atoms with van der Waals surface area (Å²) in [5, 5.41) is 1.37. The maximum absolute atomic E-state index is 11.9. The van der Waals surface area contributed by atoms with Crippen LogP contribution < -0.4 is 10.5 Å². The van der Waals surface area contributed by atoms with Crippen LogP contribution in [0.3, 0.4) is 0 Å². The van der Waals surface area contributed by atoms with Crippen LogP contribution in [0.5, 0.6) is 5.75 Å². The highest BCUT2D eigenvalue weighted by molar-refractivity contribution is 5.94. The number of hydrogen-bond acceptors (Lipinski definition) is 4. The van der Waals surface area contributed by atoms with E-state index in [1.54, 1.807) is 18.2 Å². The summed E-state index contributed by atoms with van der Waals surface area (Å²) >= 11 is 0. The molecule has 5 heteroatoms. The number of anilines is 1. The van der Waals surface area contributed by atoms with Crippen LogP contribution >= 0.6 is 0 Å². The third-order valence-corrected chi connectivity index (χ3v) is 2.46. The standard InChI is InChI=1S/C11H14N2O3/c1-15-10-7-8(3-4-9(10)12)11(14)13-5-2-6-16-13/h3-4,7H,2,5-6,12H2,1H3. The van der Waals surface area contributed by atoms with Crippen LogP contribution in [0.1, 0.15) is 16.8 Å². The second-order valence-electron chi connectivity index (χ2n) is 3.55.